The average Bonchev–Trinajstić information content (AvgIpc) is 3.15. The Hall–Kier alpha value is -1.47. The Morgan fingerprint density at radius 2 is 1.86 bits per heavy atom. The summed E-state index contributed by atoms with van der Waals surface area (Å²) in [5.74, 6) is 0.504. The maximum absolute atomic E-state index is 12.6. The van der Waals surface area contributed by atoms with Gasteiger partial charge in [-0.25, -0.2) is 4.79 Å². The van der Waals surface area contributed by atoms with Crippen LogP contribution in [0.25, 0.3) is 0 Å². The van der Waals surface area contributed by atoms with Crippen molar-refractivity contribution in [2.45, 2.75) is 57.3 Å². The van der Waals surface area contributed by atoms with E-state index in [4.69, 9.17) is 11.6 Å². The van der Waals surface area contributed by atoms with Crippen molar-refractivity contribution in [1.82, 2.24) is 9.80 Å². The third-order valence-corrected chi connectivity index (χ3v) is 6.00. The van der Waals surface area contributed by atoms with E-state index in [2.05, 4.69) is 15.7 Å². The lowest BCUT2D eigenvalue weighted by atomic mass is 9.92. The number of benzene rings is 1. The van der Waals surface area contributed by atoms with Crippen LogP contribution in [0.15, 0.2) is 18.2 Å². The molecule has 2 aliphatic rings. The van der Waals surface area contributed by atoms with E-state index < -0.39 is 18.4 Å². The molecule has 1 aromatic rings. The maximum atomic E-state index is 12.6. The predicted molar refractivity (Wildman–Crippen MR) is 102 cm³/mol. The first-order valence-electron chi connectivity index (χ1n) is 9.77. The van der Waals surface area contributed by atoms with Gasteiger partial charge in [-0.3, -0.25) is 4.90 Å². The van der Waals surface area contributed by atoms with E-state index in [0.29, 0.717) is 32.1 Å². The molecule has 0 aromatic heterocycles. The lowest BCUT2D eigenvalue weighted by Gasteiger charge is -2.35. The smallest absolute Gasteiger partial charge is 0.425 e. The number of alkyl halides is 3. The van der Waals surface area contributed by atoms with Gasteiger partial charge in [-0.1, -0.05) is 36.6 Å². The van der Waals surface area contributed by atoms with Gasteiger partial charge in [0, 0.05) is 37.7 Å². The zero-order chi connectivity index (χ0) is 20.3. The van der Waals surface area contributed by atoms with Gasteiger partial charge in [-0.2, -0.15) is 13.2 Å². The van der Waals surface area contributed by atoms with Crippen molar-refractivity contribution in [3.05, 3.63) is 34.3 Å². The Morgan fingerprint density at radius 3 is 2.46 bits per heavy atom. The SMILES string of the molecule is CC(OC(=O)N1CCN(Cc2cccc(Cl)c2C2CCCC2)CC1)C(F)(F)F. The number of carbonyl (C=O) groups is 1. The van der Waals surface area contributed by atoms with Gasteiger partial charge in [-0.15, -0.1) is 0 Å². The molecule has 0 bridgehead atoms. The molecule has 0 N–H and O–H groups in total. The van der Waals surface area contributed by atoms with Gasteiger partial charge in [-0.05, 0) is 42.9 Å². The van der Waals surface area contributed by atoms with Crippen molar-refractivity contribution in [3.8, 4) is 0 Å². The molecule has 28 heavy (non-hydrogen) atoms. The molecule has 2 fully saturated rings. The highest BCUT2D eigenvalue weighted by molar-refractivity contribution is 6.31. The normalized spacial score (nSPS) is 20.4. The minimum absolute atomic E-state index is 0.350. The first kappa shape index (κ1) is 21.2. The summed E-state index contributed by atoms with van der Waals surface area (Å²) in [5.41, 5.74) is 2.45. The zero-order valence-corrected chi connectivity index (χ0v) is 16.7. The predicted octanol–water partition coefficient (Wildman–Crippen LogP) is 5.20. The summed E-state index contributed by atoms with van der Waals surface area (Å²) >= 11 is 6.50. The fraction of sp³-hybridized carbons (Fsp3) is 0.650. The van der Waals surface area contributed by atoms with Crippen LogP contribution in [-0.4, -0.2) is 54.4 Å². The number of ether oxygens (including phenoxy) is 1. The standard InChI is InChI=1S/C20H26ClF3N2O2/c1-14(20(22,23)24)28-19(27)26-11-9-25(10-12-26)13-16-7-4-8-17(21)18(16)15-5-2-3-6-15/h4,7-8,14-15H,2-3,5-6,9-13H2,1H3. The van der Waals surface area contributed by atoms with Crippen LogP contribution in [-0.2, 0) is 11.3 Å². The molecular formula is C20H26ClF3N2O2. The highest BCUT2D eigenvalue weighted by Gasteiger charge is 2.40. The monoisotopic (exact) mass is 418 g/mol. The minimum Gasteiger partial charge on any atom is -0.437 e. The van der Waals surface area contributed by atoms with Crippen LogP contribution in [0, 0.1) is 0 Å². The van der Waals surface area contributed by atoms with Crippen molar-refractivity contribution in [2.24, 2.45) is 0 Å². The largest absolute Gasteiger partial charge is 0.437 e. The molecule has 1 saturated heterocycles. The highest BCUT2D eigenvalue weighted by Crippen LogP contribution is 2.39. The van der Waals surface area contributed by atoms with Gasteiger partial charge < -0.3 is 9.64 Å². The molecule has 1 heterocycles. The lowest BCUT2D eigenvalue weighted by molar-refractivity contribution is -0.200. The fourth-order valence-corrected chi connectivity index (χ4v) is 4.36. The van der Waals surface area contributed by atoms with Crippen LogP contribution < -0.4 is 0 Å². The van der Waals surface area contributed by atoms with Gasteiger partial charge >= 0.3 is 12.3 Å². The number of carbonyl (C=O) groups excluding carboxylic acids is 1. The van der Waals surface area contributed by atoms with E-state index in [1.54, 1.807) is 0 Å². The summed E-state index contributed by atoms with van der Waals surface area (Å²) in [4.78, 5) is 15.5. The Bertz CT molecular complexity index is 685. The molecule has 1 amide bonds. The minimum atomic E-state index is -4.54. The third kappa shape index (κ3) is 5.11. The average molecular weight is 419 g/mol. The van der Waals surface area contributed by atoms with Crippen molar-refractivity contribution in [1.29, 1.82) is 0 Å². The molecule has 1 aliphatic heterocycles. The Kier molecular flexibility index (Phi) is 6.76. The Balaban J connectivity index is 1.56. The van der Waals surface area contributed by atoms with E-state index >= 15 is 0 Å². The number of hydrogen-bond donors (Lipinski definition) is 0. The lowest BCUT2D eigenvalue weighted by Crippen LogP contribution is -2.49. The molecule has 1 saturated carbocycles. The molecule has 4 nitrogen and oxygen atoms in total. The summed E-state index contributed by atoms with van der Waals surface area (Å²) in [7, 11) is 0. The molecule has 1 aromatic carbocycles. The number of amides is 1. The van der Waals surface area contributed by atoms with E-state index in [0.717, 1.165) is 31.3 Å². The molecular weight excluding hydrogens is 393 g/mol. The van der Waals surface area contributed by atoms with Gasteiger partial charge in [0.05, 0.1) is 0 Å². The fourth-order valence-electron chi connectivity index (χ4n) is 4.01. The van der Waals surface area contributed by atoms with Crippen molar-refractivity contribution in [2.75, 3.05) is 26.2 Å². The van der Waals surface area contributed by atoms with Crippen LogP contribution in [0.2, 0.25) is 5.02 Å². The first-order chi connectivity index (χ1) is 13.3. The quantitative estimate of drug-likeness (QED) is 0.673. The molecule has 156 valence electrons. The Labute approximate surface area is 168 Å². The third-order valence-electron chi connectivity index (χ3n) is 5.67. The van der Waals surface area contributed by atoms with Crippen molar-refractivity contribution < 1.29 is 22.7 Å². The van der Waals surface area contributed by atoms with E-state index in [1.807, 2.05) is 12.1 Å². The van der Waals surface area contributed by atoms with Gasteiger partial charge in [0.25, 0.3) is 0 Å². The molecule has 8 heteroatoms. The number of rotatable bonds is 4. The van der Waals surface area contributed by atoms with Crippen LogP contribution in [0.5, 0.6) is 0 Å². The van der Waals surface area contributed by atoms with Gasteiger partial charge in [0.1, 0.15) is 0 Å². The van der Waals surface area contributed by atoms with Crippen LogP contribution in [0.4, 0.5) is 18.0 Å². The van der Waals surface area contributed by atoms with Crippen molar-refractivity contribution >= 4 is 17.7 Å². The van der Waals surface area contributed by atoms with Gasteiger partial charge in [0.15, 0.2) is 6.10 Å². The van der Waals surface area contributed by atoms with Crippen LogP contribution in [0.1, 0.15) is 49.7 Å². The molecule has 1 atom stereocenters. The topological polar surface area (TPSA) is 32.8 Å². The summed E-state index contributed by atoms with van der Waals surface area (Å²) in [5, 5.41) is 0.813. The maximum Gasteiger partial charge on any atom is 0.425 e. The summed E-state index contributed by atoms with van der Waals surface area (Å²) < 4.78 is 42.2. The molecule has 1 unspecified atom stereocenters. The van der Waals surface area contributed by atoms with Crippen LogP contribution >= 0.6 is 11.6 Å². The number of nitrogens with zero attached hydrogens (tertiary/aromatic N) is 2. The number of hydrogen-bond acceptors (Lipinski definition) is 3. The zero-order valence-electron chi connectivity index (χ0n) is 16.0. The second-order valence-corrected chi connectivity index (χ2v) is 8.03. The number of halogens is 4. The molecule has 1 aliphatic carbocycles. The Morgan fingerprint density at radius 1 is 1.21 bits per heavy atom. The second kappa shape index (κ2) is 8.91. The number of piperazine rings is 1. The molecule has 0 spiro atoms. The highest BCUT2D eigenvalue weighted by atomic mass is 35.5. The second-order valence-electron chi connectivity index (χ2n) is 7.62. The first-order valence-corrected chi connectivity index (χ1v) is 10.2. The van der Waals surface area contributed by atoms with E-state index in [9.17, 15) is 18.0 Å². The summed E-state index contributed by atoms with van der Waals surface area (Å²) in [6.45, 7) is 3.45. The molecule has 3 rings (SSSR count). The summed E-state index contributed by atoms with van der Waals surface area (Å²) in [6, 6.07) is 6.00. The van der Waals surface area contributed by atoms with Crippen LogP contribution in [0.3, 0.4) is 0 Å². The molecule has 0 radical (unpaired) electrons. The van der Waals surface area contributed by atoms with E-state index in [1.165, 1.54) is 28.9 Å². The van der Waals surface area contributed by atoms with E-state index in [-0.39, 0.29) is 0 Å². The van der Waals surface area contributed by atoms with Gasteiger partial charge in [0.2, 0.25) is 0 Å². The summed E-state index contributed by atoms with van der Waals surface area (Å²) in [6.07, 6.45) is -2.77. The van der Waals surface area contributed by atoms with Crippen molar-refractivity contribution in [3.63, 3.8) is 0 Å².